The summed E-state index contributed by atoms with van der Waals surface area (Å²) in [5, 5.41) is 3.17. The Hall–Kier alpha value is 0.180. The third-order valence-corrected chi connectivity index (χ3v) is 6.79. The molecular formula is C12H25N3O2S2. The summed E-state index contributed by atoms with van der Waals surface area (Å²) in [5.74, 6) is 3.39. The van der Waals surface area contributed by atoms with Gasteiger partial charge in [0.25, 0.3) is 10.2 Å². The molecule has 0 aromatic carbocycles. The van der Waals surface area contributed by atoms with E-state index in [9.17, 15) is 8.42 Å². The Morgan fingerprint density at radius 3 is 2.47 bits per heavy atom. The summed E-state index contributed by atoms with van der Waals surface area (Å²) >= 11 is 1.92. The summed E-state index contributed by atoms with van der Waals surface area (Å²) < 4.78 is 28.8. The minimum absolute atomic E-state index is 0.515. The number of hydrogen-bond donors (Lipinski definition) is 2. The van der Waals surface area contributed by atoms with Crippen LogP contribution < -0.4 is 10.0 Å². The summed E-state index contributed by atoms with van der Waals surface area (Å²) in [6.07, 6.45) is 3.06. The molecule has 0 saturated carbocycles. The minimum atomic E-state index is -3.26. The number of hydrogen-bond acceptors (Lipinski definition) is 4. The van der Waals surface area contributed by atoms with Crippen LogP contribution in [0.25, 0.3) is 0 Å². The molecule has 2 rings (SSSR count). The predicted molar refractivity (Wildman–Crippen MR) is 80.6 cm³/mol. The van der Waals surface area contributed by atoms with E-state index in [-0.39, 0.29) is 0 Å². The van der Waals surface area contributed by atoms with Crippen LogP contribution in [0.4, 0.5) is 0 Å². The van der Waals surface area contributed by atoms with Gasteiger partial charge in [-0.3, -0.25) is 0 Å². The highest BCUT2D eigenvalue weighted by Crippen LogP contribution is 2.23. The summed E-state index contributed by atoms with van der Waals surface area (Å²) in [7, 11) is -1.31. The minimum Gasteiger partial charge on any atom is -0.319 e. The molecule has 0 aromatic rings. The van der Waals surface area contributed by atoms with Crippen LogP contribution >= 0.6 is 11.8 Å². The van der Waals surface area contributed by atoms with E-state index in [0.717, 1.165) is 31.6 Å². The lowest BCUT2D eigenvalue weighted by Crippen LogP contribution is -2.47. The molecule has 2 fully saturated rings. The number of rotatable bonds is 6. The van der Waals surface area contributed by atoms with E-state index in [1.165, 1.54) is 5.75 Å². The maximum absolute atomic E-state index is 12.2. The topological polar surface area (TPSA) is 61.4 Å². The van der Waals surface area contributed by atoms with Gasteiger partial charge in [0, 0.05) is 19.6 Å². The lowest BCUT2D eigenvalue weighted by atomic mass is 9.98. The monoisotopic (exact) mass is 307 g/mol. The fraction of sp³-hybridized carbons (Fsp3) is 1.00. The highest BCUT2D eigenvalue weighted by Gasteiger charge is 2.28. The zero-order valence-corrected chi connectivity index (χ0v) is 13.2. The molecule has 0 bridgehead atoms. The van der Waals surface area contributed by atoms with Gasteiger partial charge in [-0.15, -0.1) is 0 Å². The lowest BCUT2D eigenvalue weighted by Gasteiger charge is -2.31. The molecule has 0 amide bonds. The SMILES string of the molecule is CNCC1CCN(S(=O)(=O)NCC2CCSC2)CC1. The summed E-state index contributed by atoms with van der Waals surface area (Å²) in [6.45, 7) is 2.90. The Bertz CT molecular complexity index is 361. The second kappa shape index (κ2) is 7.26. The predicted octanol–water partition coefficient (Wildman–Crippen LogP) is 0.505. The number of thioether (sulfide) groups is 1. The molecule has 2 saturated heterocycles. The van der Waals surface area contributed by atoms with Crippen molar-refractivity contribution < 1.29 is 8.42 Å². The molecular weight excluding hydrogens is 282 g/mol. The molecule has 2 N–H and O–H groups in total. The van der Waals surface area contributed by atoms with E-state index in [0.29, 0.717) is 31.5 Å². The third-order valence-electron chi connectivity index (χ3n) is 3.98. The van der Waals surface area contributed by atoms with Crippen molar-refractivity contribution in [1.29, 1.82) is 0 Å². The summed E-state index contributed by atoms with van der Waals surface area (Å²) in [4.78, 5) is 0. The number of nitrogens with zero attached hydrogens (tertiary/aromatic N) is 1. The molecule has 2 aliphatic heterocycles. The third kappa shape index (κ3) is 4.60. The van der Waals surface area contributed by atoms with E-state index in [2.05, 4.69) is 10.0 Å². The van der Waals surface area contributed by atoms with Crippen LogP contribution in [0.5, 0.6) is 0 Å². The number of piperidine rings is 1. The van der Waals surface area contributed by atoms with Crippen LogP contribution in [-0.4, -0.2) is 57.5 Å². The summed E-state index contributed by atoms with van der Waals surface area (Å²) in [6, 6.07) is 0. The van der Waals surface area contributed by atoms with Crippen LogP contribution in [-0.2, 0) is 10.2 Å². The van der Waals surface area contributed by atoms with E-state index in [1.807, 2.05) is 18.8 Å². The first-order valence-corrected chi connectivity index (χ1v) is 9.68. The Kier molecular flexibility index (Phi) is 5.95. The standard InChI is InChI=1S/C12H25N3O2S2/c1-13-8-11-2-5-15(6-3-11)19(16,17)14-9-12-4-7-18-10-12/h11-14H,2-10H2,1H3. The van der Waals surface area contributed by atoms with Crippen LogP contribution in [0.1, 0.15) is 19.3 Å². The molecule has 1 atom stereocenters. The molecule has 2 heterocycles. The highest BCUT2D eigenvalue weighted by molar-refractivity contribution is 7.99. The Labute approximate surface area is 121 Å². The fourth-order valence-electron chi connectivity index (χ4n) is 2.70. The van der Waals surface area contributed by atoms with Crippen LogP contribution in [0, 0.1) is 11.8 Å². The molecule has 0 radical (unpaired) electrons. The fourth-order valence-corrected chi connectivity index (χ4v) is 5.31. The van der Waals surface area contributed by atoms with Crippen molar-refractivity contribution in [3.63, 3.8) is 0 Å². The quantitative estimate of drug-likeness (QED) is 0.750. The van der Waals surface area contributed by atoms with Crippen molar-refractivity contribution in [3.8, 4) is 0 Å². The van der Waals surface area contributed by atoms with Crippen molar-refractivity contribution in [2.45, 2.75) is 19.3 Å². The molecule has 112 valence electrons. The van der Waals surface area contributed by atoms with Crippen molar-refractivity contribution >= 4 is 22.0 Å². The van der Waals surface area contributed by atoms with Gasteiger partial charge < -0.3 is 5.32 Å². The molecule has 1 unspecified atom stereocenters. The van der Waals surface area contributed by atoms with E-state index >= 15 is 0 Å². The van der Waals surface area contributed by atoms with Crippen molar-refractivity contribution in [1.82, 2.24) is 14.3 Å². The molecule has 7 heteroatoms. The molecule has 0 aromatic heterocycles. The van der Waals surface area contributed by atoms with Crippen LogP contribution in [0.3, 0.4) is 0 Å². The van der Waals surface area contributed by atoms with Gasteiger partial charge in [-0.25, -0.2) is 4.72 Å². The van der Waals surface area contributed by atoms with Crippen LogP contribution in [0.2, 0.25) is 0 Å². The van der Waals surface area contributed by atoms with Crippen molar-refractivity contribution in [3.05, 3.63) is 0 Å². The Morgan fingerprint density at radius 1 is 1.16 bits per heavy atom. The summed E-state index contributed by atoms with van der Waals surface area (Å²) in [5.41, 5.74) is 0. The second-order valence-corrected chi connectivity index (χ2v) is 8.39. The molecule has 0 aliphatic carbocycles. The maximum atomic E-state index is 12.2. The molecule has 5 nitrogen and oxygen atoms in total. The lowest BCUT2D eigenvalue weighted by molar-refractivity contribution is 0.267. The van der Waals surface area contributed by atoms with E-state index in [1.54, 1.807) is 4.31 Å². The normalized spacial score (nSPS) is 26.9. The Balaban J connectivity index is 1.76. The van der Waals surface area contributed by atoms with Gasteiger partial charge in [0.2, 0.25) is 0 Å². The van der Waals surface area contributed by atoms with Crippen LogP contribution in [0.15, 0.2) is 0 Å². The van der Waals surface area contributed by atoms with Gasteiger partial charge in [0.05, 0.1) is 0 Å². The van der Waals surface area contributed by atoms with Gasteiger partial charge in [-0.1, -0.05) is 0 Å². The average Bonchev–Trinajstić information content (AvgIpc) is 2.91. The average molecular weight is 307 g/mol. The Morgan fingerprint density at radius 2 is 1.89 bits per heavy atom. The zero-order chi connectivity index (χ0) is 13.7. The largest absolute Gasteiger partial charge is 0.319 e. The van der Waals surface area contributed by atoms with Gasteiger partial charge in [-0.05, 0) is 56.2 Å². The second-order valence-electron chi connectivity index (χ2n) is 5.48. The van der Waals surface area contributed by atoms with E-state index < -0.39 is 10.2 Å². The zero-order valence-electron chi connectivity index (χ0n) is 11.6. The van der Waals surface area contributed by atoms with Crippen molar-refractivity contribution in [2.24, 2.45) is 11.8 Å². The van der Waals surface area contributed by atoms with Gasteiger partial charge in [0.15, 0.2) is 0 Å². The number of nitrogens with one attached hydrogen (secondary N) is 2. The highest BCUT2D eigenvalue weighted by atomic mass is 32.2. The first-order chi connectivity index (χ1) is 9.12. The maximum Gasteiger partial charge on any atom is 0.279 e. The van der Waals surface area contributed by atoms with Crippen molar-refractivity contribution in [2.75, 3.05) is 44.7 Å². The van der Waals surface area contributed by atoms with Gasteiger partial charge in [-0.2, -0.15) is 24.5 Å². The molecule has 19 heavy (non-hydrogen) atoms. The molecule has 2 aliphatic rings. The van der Waals surface area contributed by atoms with E-state index in [4.69, 9.17) is 0 Å². The van der Waals surface area contributed by atoms with Gasteiger partial charge in [0.1, 0.15) is 0 Å². The first-order valence-electron chi connectivity index (χ1n) is 7.09. The smallest absolute Gasteiger partial charge is 0.279 e. The molecule has 0 spiro atoms. The first kappa shape index (κ1) is 15.6. The van der Waals surface area contributed by atoms with Gasteiger partial charge >= 0.3 is 0 Å².